The van der Waals surface area contributed by atoms with Crippen molar-refractivity contribution >= 4 is 0 Å². The number of rotatable bonds is 14. The Labute approximate surface area is 117 Å². The lowest BCUT2D eigenvalue weighted by Gasteiger charge is -2.10. The Balaban J connectivity index is 3.10. The SMILES string of the molecule is CCCCCCCC[C](C)CCCCCCCC. The molecule has 0 bridgehead atoms. The highest BCUT2D eigenvalue weighted by Crippen LogP contribution is 2.19. The molecule has 0 fully saturated rings. The fourth-order valence-electron chi connectivity index (χ4n) is 2.54. The Morgan fingerprint density at radius 3 is 1.22 bits per heavy atom. The molecule has 109 valence electrons. The van der Waals surface area contributed by atoms with Crippen LogP contribution >= 0.6 is 0 Å². The lowest BCUT2D eigenvalue weighted by atomic mass is 9.96. The van der Waals surface area contributed by atoms with Crippen LogP contribution in [0, 0.1) is 5.92 Å². The van der Waals surface area contributed by atoms with Gasteiger partial charge in [0.15, 0.2) is 0 Å². The van der Waals surface area contributed by atoms with Crippen molar-refractivity contribution in [2.24, 2.45) is 0 Å². The van der Waals surface area contributed by atoms with Crippen LogP contribution in [-0.2, 0) is 0 Å². The minimum Gasteiger partial charge on any atom is -0.0654 e. The maximum Gasteiger partial charge on any atom is -0.0272 e. The summed E-state index contributed by atoms with van der Waals surface area (Å²) in [6, 6.07) is 0. The first-order valence-electron chi connectivity index (χ1n) is 8.62. The minimum absolute atomic E-state index is 1.36. The third-order valence-corrected chi connectivity index (χ3v) is 3.91. The Morgan fingerprint density at radius 1 is 0.500 bits per heavy atom. The first-order valence-corrected chi connectivity index (χ1v) is 8.62. The Hall–Kier alpha value is 0. The van der Waals surface area contributed by atoms with Crippen molar-refractivity contribution in [1.82, 2.24) is 0 Å². The summed E-state index contributed by atoms with van der Waals surface area (Å²) in [6.07, 6.45) is 20.0. The first-order chi connectivity index (χ1) is 8.81. The highest BCUT2D eigenvalue weighted by Gasteiger charge is 2.02. The highest BCUT2D eigenvalue weighted by molar-refractivity contribution is 4.83. The predicted molar refractivity (Wildman–Crippen MR) is 84.9 cm³/mol. The zero-order chi connectivity index (χ0) is 13.5. The van der Waals surface area contributed by atoms with Crippen LogP contribution in [0.15, 0.2) is 0 Å². The Bertz CT molecular complexity index is 123. The smallest absolute Gasteiger partial charge is 0.0272 e. The highest BCUT2D eigenvalue weighted by atomic mass is 14.1. The van der Waals surface area contributed by atoms with E-state index >= 15 is 0 Å². The van der Waals surface area contributed by atoms with Gasteiger partial charge in [0, 0.05) is 0 Å². The van der Waals surface area contributed by atoms with E-state index < -0.39 is 0 Å². The molecular formula is C18H37. The van der Waals surface area contributed by atoms with Crippen LogP contribution in [0.25, 0.3) is 0 Å². The van der Waals surface area contributed by atoms with Crippen molar-refractivity contribution in [3.05, 3.63) is 5.92 Å². The summed E-state index contributed by atoms with van der Waals surface area (Å²) < 4.78 is 0. The van der Waals surface area contributed by atoms with Gasteiger partial charge in [-0.05, 0) is 18.8 Å². The number of hydrogen-bond acceptors (Lipinski definition) is 0. The molecule has 1 radical (unpaired) electrons. The molecule has 0 saturated carbocycles. The number of hydrogen-bond donors (Lipinski definition) is 0. The molecule has 0 nitrogen and oxygen atoms in total. The van der Waals surface area contributed by atoms with E-state index in [0.717, 1.165) is 0 Å². The largest absolute Gasteiger partial charge is 0.0654 e. The van der Waals surface area contributed by atoms with Gasteiger partial charge < -0.3 is 0 Å². The molecule has 0 rings (SSSR count). The summed E-state index contributed by atoms with van der Waals surface area (Å²) in [5, 5.41) is 0. The van der Waals surface area contributed by atoms with Gasteiger partial charge in [0.25, 0.3) is 0 Å². The van der Waals surface area contributed by atoms with Crippen LogP contribution in [0.5, 0.6) is 0 Å². The summed E-state index contributed by atoms with van der Waals surface area (Å²) in [5.74, 6) is 1.75. The molecule has 0 heterocycles. The van der Waals surface area contributed by atoms with Gasteiger partial charge in [0.1, 0.15) is 0 Å². The quantitative estimate of drug-likeness (QED) is 0.290. The predicted octanol–water partition coefficient (Wildman–Crippen LogP) is 7.08. The van der Waals surface area contributed by atoms with Crippen LogP contribution in [0.1, 0.15) is 111 Å². The summed E-state index contributed by atoms with van der Waals surface area (Å²) in [6.45, 7) is 6.95. The molecule has 0 atom stereocenters. The van der Waals surface area contributed by atoms with E-state index in [2.05, 4.69) is 20.8 Å². The van der Waals surface area contributed by atoms with Gasteiger partial charge >= 0.3 is 0 Å². The van der Waals surface area contributed by atoms with E-state index in [1.807, 2.05) is 0 Å². The van der Waals surface area contributed by atoms with Crippen LogP contribution in [-0.4, -0.2) is 0 Å². The van der Waals surface area contributed by atoms with E-state index in [-0.39, 0.29) is 0 Å². The topological polar surface area (TPSA) is 0 Å². The molecule has 0 unspecified atom stereocenters. The molecule has 0 spiro atoms. The fourth-order valence-corrected chi connectivity index (χ4v) is 2.54. The average Bonchev–Trinajstić information content (AvgIpc) is 2.38. The third kappa shape index (κ3) is 14.1. The van der Waals surface area contributed by atoms with Crippen LogP contribution in [0.3, 0.4) is 0 Å². The molecule has 0 aliphatic carbocycles. The lowest BCUT2D eigenvalue weighted by molar-refractivity contribution is 0.555. The molecule has 0 aromatic carbocycles. The van der Waals surface area contributed by atoms with Gasteiger partial charge in [-0.25, -0.2) is 0 Å². The molecular weight excluding hydrogens is 216 g/mol. The van der Waals surface area contributed by atoms with Gasteiger partial charge in [0.2, 0.25) is 0 Å². The van der Waals surface area contributed by atoms with Crippen molar-refractivity contribution in [3.63, 3.8) is 0 Å². The molecule has 0 aromatic heterocycles. The molecule has 0 saturated heterocycles. The second-order valence-corrected chi connectivity index (χ2v) is 5.99. The Kier molecular flexibility index (Phi) is 15.1. The average molecular weight is 253 g/mol. The van der Waals surface area contributed by atoms with E-state index in [9.17, 15) is 0 Å². The van der Waals surface area contributed by atoms with Crippen molar-refractivity contribution in [2.45, 2.75) is 111 Å². The standard InChI is InChI=1S/C18H37/c1-4-6-8-10-12-14-16-18(3)17-15-13-11-9-7-5-2/h4-17H2,1-3H3. The zero-order valence-electron chi connectivity index (χ0n) is 13.4. The van der Waals surface area contributed by atoms with Crippen LogP contribution in [0.4, 0.5) is 0 Å². The van der Waals surface area contributed by atoms with Gasteiger partial charge in [-0.3, -0.25) is 0 Å². The lowest BCUT2D eigenvalue weighted by Crippen LogP contribution is -1.93. The second kappa shape index (κ2) is 15.1. The summed E-state index contributed by atoms with van der Waals surface area (Å²) >= 11 is 0. The maximum absolute atomic E-state index is 2.37. The minimum atomic E-state index is 1.36. The normalized spacial score (nSPS) is 11.3. The van der Waals surface area contributed by atoms with Gasteiger partial charge in [-0.1, -0.05) is 97.8 Å². The van der Waals surface area contributed by atoms with Gasteiger partial charge in [0.05, 0.1) is 0 Å². The van der Waals surface area contributed by atoms with Crippen molar-refractivity contribution in [1.29, 1.82) is 0 Å². The maximum atomic E-state index is 2.37. The molecule has 0 heteroatoms. The Morgan fingerprint density at radius 2 is 0.833 bits per heavy atom. The monoisotopic (exact) mass is 253 g/mol. The molecule has 0 N–H and O–H groups in total. The van der Waals surface area contributed by atoms with E-state index in [1.54, 1.807) is 5.92 Å². The van der Waals surface area contributed by atoms with Crippen LogP contribution < -0.4 is 0 Å². The van der Waals surface area contributed by atoms with Gasteiger partial charge in [-0.2, -0.15) is 0 Å². The molecule has 0 aliphatic heterocycles. The second-order valence-electron chi connectivity index (χ2n) is 5.99. The molecule has 0 amide bonds. The first kappa shape index (κ1) is 18.0. The summed E-state index contributed by atoms with van der Waals surface area (Å²) in [7, 11) is 0. The van der Waals surface area contributed by atoms with E-state index in [1.165, 1.54) is 89.9 Å². The van der Waals surface area contributed by atoms with Crippen molar-refractivity contribution in [2.75, 3.05) is 0 Å². The summed E-state index contributed by atoms with van der Waals surface area (Å²) in [4.78, 5) is 0. The van der Waals surface area contributed by atoms with E-state index in [4.69, 9.17) is 0 Å². The third-order valence-electron chi connectivity index (χ3n) is 3.91. The van der Waals surface area contributed by atoms with Crippen LogP contribution in [0.2, 0.25) is 0 Å². The van der Waals surface area contributed by atoms with Crippen molar-refractivity contribution < 1.29 is 0 Å². The fraction of sp³-hybridized carbons (Fsp3) is 0.944. The molecule has 18 heavy (non-hydrogen) atoms. The number of unbranched alkanes of at least 4 members (excludes halogenated alkanes) is 10. The molecule has 0 aromatic rings. The van der Waals surface area contributed by atoms with Gasteiger partial charge in [-0.15, -0.1) is 0 Å². The zero-order valence-corrected chi connectivity index (χ0v) is 13.4. The van der Waals surface area contributed by atoms with E-state index in [0.29, 0.717) is 0 Å². The van der Waals surface area contributed by atoms with Crippen molar-refractivity contribution in [3.8, 4) is 0 Å². The summed E-state index contributed by atoms with van der Waals surface area (Å²) in [5.41, 5.74) is 0. The molecule has 0 aliphatic rings.